The molecule has 1 fully saturated rings. The van der Waals surface area contributed by atoms with Gasteiger partial charge in [0.2, 0.25) is 23.8 Å². The van der Waals surface area contributed by atoms with Gasteiger partial charge in [-0.2, -0.15) is 15.0 Å². The SMILES string of the molecule is CN1CCCN(c2nc(N)nc(-n3ccnc3)n2)CC1=O. The van der Waals surface area contributed by atoms with E-state index in [-0.39, 0.29) is 18.4 Å². The average Bonchev–Trinajstić information content (AvgIpc) is 2.94. The summed E-state index contributed by atoms with van der Waals surface area (Å²) in [5.74, 6) is 0.958. The fourth-order valence-electron chi connectivity index (χ4n) is 2.16. The van der Waals surface area contributed by atoms with E-state index in [9.17, 15) is 4.79 Å². The molecule has 9 nitrogen and oxygen atoms in total. The summed E-state index contributed by atoms with van der Waals surface area (Å²) in [7, 11) is 1.80. The van der Waals surface area contributed by atoms with Gasteiger partial charge in [0.1, 0.15) is 6.33 Å². The zero-order valence-electron chi connectivity index (χ0n) is 11.7. The predicted octanol–water partition coefficient (Wildman–Crippen LogP) is -0.692. The molecular formula is C12H16N8O. The van der Waals surface area contributed by atoms with E-state index in [2.05, 4.69) is 19.9 Å². The minimum absolute atomic E-state index is 0.0377. The van der Waals surface area contributed by atoms with Crippen molar-refractivity contribution in [1.82, 2.24) is 29.4 Å². The maximum Gasteiger partial charge on any atom is 0.241 e. The Kier molecular flexibility index (Phi) is 3.38. The minimum Gasteiger partial charge on any atom is -0.368 e. The number of hydrogen-bond acceptors (Lipinski definition) is 7. The molecule has 3 rings (SSSR count). The summed E-state index contributed by atoms with van der Waals surface area (Å²) in [5.41, 5.74) is 5.76. The van der Waals surface area contributed by atoms with Crippen LogP contribution in [0.1, 0.15) is 6.42 Å². The topological polar surface area (TPSA) is 106 Å². The van der Waals surface area contributed by atoms with E-state index in [1.807, 2.05) is 4.90 Å². The van der Waals surface area contributed by atoms with Crippen molar-refractivity contribution in [2.24, 2.45) is 0 Å². The molecule has 0 aromatic carbocycles. The smallest absolute Gasteiger partial charge is 0.241 e. The second-order valence-corrected chi connectivity index (χ2v) is 4.85. The lowest BCUT2D eigenvalue weighted by Crippen LogP contribution is -2.35. The highest BCUT2D eigenvalue weighted by Gasteiger charge is 2.22. The largest absolute Gasteiger partial charge is 0.368 e. The Balaban J connectivity index is 1.93. The molecule has 110 valence electrons. The molecule has 9 heteroatoms. The maximum absolute atomic E-state index is 12.0. The monoisotopic (exact) mass is 288 g/mol. The number of likely N-dealkylation sites (N-methyl/N-ethyl adjacent to an activating group) is 1. The third-order valence-electron chi connectivity index (χ3n) is 3.32. The van der Waals surface area contributed by atoms with Gasteiger partial charge in [0.05, 0.1) is 6.54 Å². The molecule has 1 saturated heterocycles. The molecule has 2 N–H and O–H groups in total. The Bertz CT molecular complexity index is 641. The van der Waals surface area contributed by atoms with Crippen LogP contribution in [0.3, 0.4) is 0 Å². The summed E-state index contributed by atoms with van der Waals surface area (Å²) < 4.78 is 1.65. The molecule has 0 atom stereocenters. The third kappa shape index (κ3) is 2.76. The molecule has 0 aliphatic carbocycles. The van der Waals surface area contributed by atoms with Crippen molar-refractivity contribution in [2.75, 3.05) is 37.3 Å². The molecule has 1 aliphatic heterocycles. The van der Waals surface area contributed by atoms with Gasteiger partial charge >= 0.3 is 0 Å². The lowest BCUT2D eigenvalue weighted by Gasteiger charge is -2.20. The Morgan fingerprint density at radius 3 is 2.76 bits per heavy atom. The van der Waals surface area contributed by atoms with Crippen LogP contribution in [-0.2, 0) is 4.79 Å². The van der Waals surface area contributed by atoms with Crippen molar-refractivity contribution in [3.63, 3.8) is 0 Å². The van der Waals surface area contributed by atoms with Gasteiger partial charge in [0.15, 0.2) is 0 Å². The number of aromatic nitrogens is 5. The van der Waals surface area contributed by atoms with Crippen LogP contribution in [0.4, 0.5) is 11.9 Å². The van der Waals surface area contributed by atoms with Crippen molar-refractivity contribution in [3.05, 3.63) is 18.7 Å². The Hall–Kier alpha value is -2.71. The van der Waals surface area contributed by atoms with Crippen LogP contribution in [0.25, 0.3) is 5.95 Å². The maximum atomic E-state index is 12.0. The van der Waals surface area contributed by atoms with Crippen molar-refractivity contribution in [1.29, 1.82) is 0 Å². The van der Waals surface area contributed by atoms with Crippen LogP contribution in [0.15, 0.2) is 18.7 Å². The van der Waals surface area contributed by atoms with Crippen LogP contribution in [0.2, 0.25) is 0 Å². The zero-order chi connectivity index (χ0) is 14.8. The van der Waals surface area contributed by atoms with Crippen LogP contribution in [0, 0.1) is 0 Å². The van der Waals surface area contributed by atoms with E-state index in [1.54, 1.807) is 35.2 Å². The van der Waals surface area contributed by atoms with E-state index in [1.165, 1.54) is 0 Å². The first-order valence-corrected chi connectivity index (χ1v) is 6.62. The Morgan fingerprint density at radius 2 is 2.00 bits per heavy atom. The number of anilines is 2. The number of nitrogen functional groups attached to an aromatic ring is 1. The van der Waals surface area contributed by atoms with Crippen molar-refractivity contribution in [2.45, 2.75) is 6.42 Å². The highest BCUT2D eigenvalue weighted by atomic mass is 16.2. The number of rotatable bonds is 2. The van der Waals surface area contributed by atoms with Gasteiger partial charge < -0.3 is 15.5 Å². The molecule has 2 aromatic heterocycles. The molecule has 0 bridgehead atoms. The number of amides is 1. The quantitative estimate of drug-likeness (QED) is 0.779. The summed E-state index contributed by atoms with van der Waals surface area (Å²) in [6, 6.07) is 0. The average molecular weight is 288 g/mol. The molecular weight excluding hydrogens is 272 g/mol. The summed E-state index contributed by atoms with van der Waals surface area (Å²) in [6.07, 6.45) is 5.79. The second kappa shape index (κ2) is 5.35. The standard InChI is InChI=1S/C12H16N8O/c1-18-4-2-5-19(7-9(18)21)11-15-10(13)16-12(17-11)20-6-3-14-8-20/h3,6,8H,2,4-5,7H2,1H3,(H2,13,15,16,17). The molecule has 0 radical (unpaired) electrons. The van der Waals surface area contributed by atoms with E-state index in [4.69, 9.17) is 5.73 Å². The van der Waals surface area contributed by atoms with Gasteiger partial charge in [0, 0.05) is 32.5 Å². The van der Waals surface area contributed by atoms with E-state index < -0.39 is 0 Å². The number of nitrogens with zero attached hydrogens (tertiary/aromatic N) is 7. The molecule has 0 unspecified atom stereocenters. The van der Waals surface area contributed by atoms with Crippen LogP contribution in [-0.4, -0.2) is 62.0 Å². The first-order valence-electron chi connectivity index (χ1n) is 6.62. The fraction of sp³-hybridized carbons (Fsp3) is 0.417. The summed E-state index contributed by atoms with van der Waals surface area (Å²) in [6.45, 7) is 1.66. The van der Waals surface area contributed by atoms with Crippen LogP contribution in [0.5, 0.6) is 0 Å². The second-order valence-electron chi connectivity index (χ2n) is 4.85. The highest BCUT2D eigenvalue weighted by molar-refractivity contribution is 5.81. The van der Waals surface area contributed by atoms with Gasteiger partial charge in [-0.1, -0.05) is 0 Å². The van der Waals surface area contributed by atoms with E-state index in [0.717, 1.165) is 13.0 Å². The summed E-state index contributed by atoms with van der Waals surface area (Å²) >= 11 is 0. The Morgan fingerprint density at radius 1 is 1.19 bits per heavy atom. The summed E-state index contributed by atoms with van der Waals surface area (Å²) in [4.78, 5) is 32.1. The lowest BCUT2D eigenvalue weighted by atomic mass is 10.4. The van der Waals surface area contributed by atoms with Gasteiger partial charge in [-0.25, -0.2) is 4.98 Å². The minimum atomic E-state index is 0.0377. The molecule has 2 aromatic rings. The highest BCUT2D eigenvalue weighted by Crippen LogP contribution is 2.14. The third-order valence-corrected chi connectivity index (χ3v) is 3.32. The van der Waals surface area contributed by atoms with Crippen molar-refractivity contribution in [3.8, 4) is 5.95 Å². The lowest BCUT2D eigenvalue weighted by molar-refractivity contribution is -0.127. The molecule has 0 saturated carbocycles. The fourth-order valence-corrected chi connectivity index (χ4v) is 2.16. The molecule has 0 spiro atoms. The van der Waals surface area contributed by atoms with Gasteiger partial charge in [-0.15, -0.1) is 0 Å². The number of carbonyl (C=O) groups is 1. The molecule has 3 heterocycles. The number of nitrogens with two attached hydrogens (primary N) is 1. The zero-order valence-corrected chi connectivity index (χ0v) is 11.7. The molecule has 1 amide bonds. The van der Waals surface area contributed by atoms with Gasteiger partial charge in [0.25, 0.3) is 0 Å². The van der Waals surface area contributed by atoms with Crippen molar-refractivity contribution < 1.29 is 4.79 Å². The summed E-state index contributed by atoms with van der Waals surface area (Å²) in [5, 5.41) is 0. The van der Waals surface area contributed by atoms with Crippen LogP contribution < -0.4 is 10.6 Å². The van der Waals surface area contributed by atoms with E-state index in [0.29, 0.717) is 18.4 Å². The predicted molar refractivity (Wildman–Crippen MR) is 75.8 cm³/mol. The number of imidazole rings is 1. The first kappa shape index (κ1) is 13.3. The van der Waals surface area contributed by atoms with Crippen LogP contribution >= 0.6 is 0 Å². The van der Waals surface area contributed by atoms with Crippen molar-refractivity contribution >= 4 is 17.8 Å². The first-order chi connectivity index (χ1) is 10.1. The molecule has 21 heavy (non-hydrogen) atoms. The van der Waals surface area contributed by atoms with Gasteiger partial charge in [-0.05, 0) is 6.42 Å². The number of carbonyl (C=O) groups excluding carboxylic acids is 1. The van der Waals surface area contributed by atoms with E-state index >= 15 is 0 Å². The molecule has 1 aliphatic rings. The van der Waals surface area contributed by atoms with Gasteiger partial charge in [-0.3, -0.25) is 9.36 Å². The normalized spacial score (nSPS) is 16.1. The Labute approximate surface area is 121 Å². The number of hydrogen-bond donors (Lipinski definition) is 1.